The highest BCUT2D eigenvalue weighted by atomic mass is 32.2. The fraction of sp³-hybridized carbons (Fsp3) is 0.600. The number of methoxy groups -OCH3 is 1. The van der Waals surface area contributed by atoms with Crippen LogP contribution < -0.4 is 0 Å². The van der Waals surface area contributed by atoms with Crippen molar-refractivity contribution < 1.29 is 27.5 Å². The molecule has 1 fully saturated rings. The third-order valence-electron chi connectivity index (χ3n) is 5.13. The molecule has 0 unspecified atom stereocenters. The molecule has 0 aliphatic heterocycles. The van der Waals surface area contributed by atoms with Crippen molar-refractivity contribution in [2.24, 2.45) is 5.92 Å². The zero-order valence-corrected chi connectivity index (χ0v) is 18.9. The molecule has 0 spiro atoms. The second kappa shape index (κ2) is 9.22. The first-order valence-electron chi connectivity index (χ1n) is 9.63. The lowest BCUT2D eigenvalue weighted by atomic mass is 9.89. The summed E-state index contributed by atoms with van der Waals surface area (Å²) < 4.78 is 36.1. The Labute approximate surface area is 168 Å². The van der Waals surface area contributed by atoms with Gasteiger partial charge in [-0.2, -0.15) is 0 Å². The van der Waals surface area contributed by atoms with Gasteiger partial charge in [0.25, 0.3) is 0 Å². The summed E-state index contributed by atoms with van der Waals surface area (Å²) in [6.45, 7) is 6.94. The average Bonchev–Trinajstić information content (AvgIpc) is 2.66. The molecule has 156 valence electrons. The van der Waals surface area contributed by atoms with Crippen molar-refractivity contribution in [2.45, 2.75) is 61.5 Å². The van der Waals surface area contributed by atoms with Gasteiger partial charge in [-0.3, -0.25) is 4.79 Å². The Bertz CT molecular complexity index is 804. The van der Waals surface area contributed by atoms with Gasteiger partial charge in [0.05, 0.1) is 35.3 Å². The maximum Gasteiger partial charge on any atom is 0.338 e. The SMILES string of the molecule is COC(=O)[C@H]1CC[C@H](S(=O)(=O)c2cccc(C(=O)OCC[Si](C)(C)C)c2)CC1. The molecule has 6 nitrogen and oxygen atoms in total. The molecule has 8 heteroatoms. The standard InChI is InChI=1S/C20H30O6SSi/c1-25-19(21)15-8-10-17(11-9-15)27(23,24)18-7-5-6-16(14-18)20(22)26-12-13-28(2,3)4/h5-7,14-15,17H,8-13H2,1-4H3/t15-,17-. The Morgan fingerprint density at radius 3 is 2.32 bits per heavy atom. The molecular weight excluding hydrogens is 396 g/mol. The van der Waals surface area contributed by atoms with Crippen molar-refractivity contribution >= 4 is 29.8 Å². The van der Waals surface area contributed by atoms with Crippen LogP contribution in [0.1, 0.15) is 36.0 Å². The van der Waals surface area contributed by atoms with Crippen molar-refractivity contribution in [3.63, 3.8) is 0 Å². The molecule has 0 radical (unpaired) electrons. The molecule has 0 bridgehead atoms. The van der Waals surface area contributed by atoms with E-state index in [9.17, 15) is 18.0 Å². The van der Waals surface area contributed by atoms with Gasteiger partial charge in [-0.15, -0.1) is 0 Å². The summed E-state index contributed by atoms with van der Waals surface area (Å²) in [5.41, 5.74) is 0.250. The molecule has 28 heavy (non-hydrogen) atoms. The van der Waals surface area contributed by atoms with Gasteiger partial charge in [-0.05, 0) is 49.9 Å². The van der Waals surface area contributed by atoms with Crippen LogP contribution in [0.5, 0.6) is 0 Å². The van der Waals surface area contributed by atoms with Crippen molar-refractivity contribution in [2.75, 3.05) is 13.7 Å². The van der Waals surface area contributed by atoms with E-state index in [1.165, 1.54) is 19.2 Å². The minimum absolute atomic E-state index is 0.133. The third kappa shape index (κ3) is 5.91. The number of sulfone groups is 1. The Morgan fingerprint density at radius 1 is 1.11 bits per heavy atom. The number of carbonyl (C=O) groups excluding carboxylic acids is 2. The van der Waals surface area contributed by atoms with Gasteiger partial charge in [-0.25, -0.2) is 13.2 Å². The molecular formula is C20H30O6SSi. The van der Waals surface area contributed by atoms with E-state index < -0.39 is 29.1 Å². The maximum absolute atomic E-state index is 13.0. The summed E-state index contributed by atoms with van der Waals surface area (Å²) in [7, 11) is -3.54. The highest BCUT2D eigenvalue weighted by Crippen LogP contribution is 2.32. The number of rotatable bonds is 7. The molecule has 1 aromatic rings. The van der Waals surface area contributed by atoms with Crippen LogP contribution in [0.25, 0.3) is 0 Å². The quantitative estimate of drug-likeness (QED) is 0.488. The van der Waals surface area contributed by atoms with Crippen LogP contribution in [0, 0.1) is 5.92 Å². The van der Waals surface area contributed by atoms with Gasteiger partial charge in [0.2, 0.25) is 0 Å². The van der Waals surface area contributed by atoms with Gasteiger partial charge in [-0.1, -0.05) is 25.7 Å². The minimum atomic E-state index is -3.57. The van der Waals surface area contributed by atoms with Crippen molar-refractivity contribution in [1.82, 2.24) is 0 Å². The Morgan fingerprint density at radius 2 is 1.75 bits per heavy atom. The Kier molecular flexibility index (Phi) is 7.44. The molecule has 1 aliphatic rings. The van der Waals surface area contributed by atoms with Crippen LogP contribution in [0.15, 0.2) is 29.2 Å². The lowest BCUT2D eigenvalue weighted by molar-refractivity contribution is -0.146. The molecule has 2 rings (SSSR count). The van der Waals surface area contributed by atoms with Crippen LogP contribution in [0.3, 0.4) is 0 Å². The fourth-order valence-electron chi connectivity index (χ4n) is 3.30. The first-order valence-corrected chi connectivity index (χ1v) is 14.9. The summed E-state index contributed by atoms with van der Waals surface area (Å²) in [6, 6.07) is 6.92. The summed E-state index contributed by atoms with van der Waals surface area (Å²) in [5.74, 6) is -1.01. The highest BCUT2D eigenvalue weighted by molar-refractivity contribution is 7.92. The lowest BCUT2D eigenvalue weighted by Crippen LogP contribution is -2.30. The smallest absolute Gasteiger partial charge is 0.338 e. The number of benzene rings is 1. The molecule has 0 heterocycles. The summed E-state index contributed by atoms with van der Waals surface area (Å²) >= 11 is 0. The molecule has 1 aliphatic carbocycles. The average molecular weight is 427 g/mol. The van der Waals surface area contributed by atoms with Gasteiger partial charge in [0.1, 0.15) is 0 Å². The molecule has 0 N–H and O–H groups in total. The van der Waals surface area contributed by atoms with E-state index >= 15 is 0 Å². The monoisotopic (exact) mass is 426 g/mol. The first-order chi connectivity index (χ1) is 13.0. The maximum atomic E-state index is 13.0. The minimum Gasteiger partial charge on any atom is -0.469 e. The van der Waals surface area contributed by atoms with Gasteiger partial charge in [0.15, 0.2) is 9.84 Å². The van der Waals surface area contributed by atoms with Crippen LogP contribution >= 0.6 is 0 Å². The van der Waals surface area contributed by atoms with Crippen LogP contribution in [-0.4, -0.2) is 47.4 Å². The van der Waals surface area contributed by atoms with Crippen LogP contribution in [0.2, 0.25) is 25.7 Å². The number of carbonyl (C=O) groups is 2. The van der Waals surface area contributed by atoms with E-state index in [-0.39, 0.29) is 22.3 Å². The number of hydrogen-bond acceptors (Lipinski definition) is 6. The second-order valence-corrected chi connectivity index (χ2v) is 16.4. The van der Waals surface area contributed by atoms with Crippen LogP contribution in [-0.2, 0) is 24.1 Å². The Balaban J connectivity index is 2.06. The molecule has 0 aromatic heterocycles. The van der Waals surface area contributed by atoms with Crippen molar-refractivity contribution in [1.29, 1.82) is 0 Å². The molecule has 1 aromatic carbocycles. The van der Waals surface area contributed by atoms with Crippen molar-refractivity contribution in [3.05, 3.63) is 29.8 Å². The summed E-state index contributed by atoms with van der Waals surface area (Å²) in [4.78, 5) is 24.1. The Hall–Kier alpha value is -1.67. The van der Waals surface area contributed by atoms with E-state index in [0.717, 1.165) is 6.04 Å². The van der Waals surface area contributed by atoms with E-state index in [2.05, 4.69) is 19.6 Å². The van der Waals surface area contributed by atoms with Gasteiger partial charge in [0, 0.05) is 8.07 Å². The number of hydrogen-bond donors (Lipinski definition) is 0. The lowest BCUT2D eigenvalue weighted by Gasteiger charge is -2.26. The van der Waals surface area contributed by atoms with Gasteiger partial charge >= 0.3 is 11.9 Å². The van der Waals surface area contributed by atoms with E-state index in [4.69, 9.17) is 9.47 Å². The van der Waals surface area contributed by atoms with Gasteiger partial charge < -0.3 is 9.47 Å². The molecule has 0 saturated heterocycles. The van der Waals surface area contributed by atoms with E-state index in [1.807, 2.05) is 0 Å². The van der Waals surface area contributed by atoms with Crippen molar-refractivity contribution in [3.8, 4) is 0 Å². The zero-order chi connectivity index (χ0) is 20.9. The predicted molar refractivity (Wildman–Crippen MR) is 110 cm³/mol. The predicted octanol–water partition coefficient (Wildman–Crippen LogP) is 3.69. The summed E-state index contributed by atoms with van der Waals surface area (Å²) in [6.07, 6.45) is 1.81. The number of ether oxygens (including phenoxy) is 2. The zero-order valence-electron chi connectivity index (χ0n) is 17.1. The third-order valence-corrected chi connectivity index (χ3v) is 9.10. The second-order valence-electron chi connectivity index (χ2n) is 8.52. The summed E-state index contributed by atoms with van der Waals surface area (Å²) in [5, 5.41) is -0.549. The first kappa shape index (κ1) is 22.6. The highest BCUT2D eigenvalue weighted by Gasteiger charge is 2.35. The molecule has 1 saturated carbocycles. The number of esters is 2. The van der Waals surface area contributed by atoms with E-state index in [0.29, 0.717) is 32.3 Å². The normalized spacial score (nSPS) is 20.4. The van der Waals surface area contributed by atoms with E-state index in [1.54, 1.807) is 12.1 Å². The molecule has 0 amide bonds. The largest absolute Gasteiger partial charge is 0.469 e. The molecule has 0 atom stereocenters. The van der Waals surface area contributed by atoms with Crippen LogP contribution in [0.4, 0.5) is 0 Å². The fourth-order valence-corrected chi connectivity index (χ4v) is 5.85. The topological polar surface area (TPSA) is 86.7 Å².